The fourth-order valence-electron chi connectivity index (χ4n) is 2.75. The summed E-state index contributed by atoms with van der Waals surface area (Å²) in [6.07, 6.45) is 1.22. The molecule has 6 heteroatoms. The molecule has 160 valence electrons. The van der Waals surface area contributed by atoms with Crippen molar-refractivity contribution in [1.29, 1.82) is 0 Å². The topological polar surface area (TPSA) is 77.2 Å². The van der Waals surface area contributed by atoms with Gasteiger partial charge in [-0.25, -0.2) is 0 Å². The first-order chi connectivity index (χ1) is 14.2. The summed E-state index contributed by atoms with van der Waals surface area (Å²) in [5.74, 6) is 0.364. The molecule has 0 saturated carbocycles. The van der Waals surface area contributed by atoms with Crippen LogP contribution in [0.25, 0.3) is 16.7 Å². The van der Waals surface area contributed by atoms with Crippen LogP contribution in [0.1, 0.15) is 57.6 Å². The molecule has 0 aliphatic heterocycles. The van der Waals surface area contributed by atoms with Crippen molar-refractivity contribution < 1.29 is 14.6 Å². The molecule has 0 atom stereocenters. The van der Waals surface area contributed by atoms with Crippen LogP contribution in [0, 0.1) is 6.92 Å². The van der Waals surface area contributed by atoms with Gasteiger partial charge in [-0.1, -0.05) is 44.5 Å². The largest absolute Gasteiger partial charge is 0.505 e. The van der Waals surface area contributed by atoms with Crippen molar-refractivity contribution in [3.8, 4) is 11.4 Å². The van der Waals surface area contributed by atoms with E-state index in [-0.39, 0.29) is 17.6 Å². The van der Waals surface area contributed by atoms with Crippen LogP contribution in [0.3, 0.4) is 0 Å². The number of benzene rings is 2. The Morgan fingerprint density at radius 3 is 2.53 bits per heavy atom. The van der Waals surface area contributed by atoms with Gasteiger partial charge in [-0.2, -0.15) is 0 Å². The Kier molecular flexibility index (Phi) is 8.16. The van der Waals surface area contributed by atoms with E-state index in [1.54, 1.807) is 6.92 Å². The first kappa shape index (κ1) is 23.1. The zero-order valence-corrected chi connectivity index (χ0v) is 18.5. The van der Waals surface area contributed by atoms with Crippen LogP contribution >= 0.6 is 0 Å². The van der Waals surface area contributed by atoms with E-state index in [1.165, 1.54) is 4.80 Å². The van der Waals surface area contributed by atoms with Crippen LogP contribution in [0.4, 0.5) is 0 Å². The van der Waals surface area contributed by atoms with E-state index in [0.29, 0.717) is 18.7 Å². The number of nitrogens with zero attached hydrogens (tertiary/aromatic N) is 3. The molecule has 0 aliphatic carbocycles. The van der Waals surface area contributed by atoms with Crippen molar-refractivity contribution in [2.24, 2.45) is 0 Å². The molecule has 0 saturated heterocycles. The Hall–Kier alpha value is -3.15. The summed E-state index contributed by atoms with van der Waals surface area (Å²) in [5.41, 5.74) is 5.36. The number of para-hydroxylation sites is 1. The van der Waals surface area contributed by atoms with Crippen molar-refractivity contribution in [2.75, 3.05) is 6.61 Å². The van der Waals surface area contributed by atoms with Gasteiger partial charge in [0.2, 0.25) is 0 Å². The number of esters is 1. The fraction of sp³-hybridized carbons (Fsp3) is 0.375. The van der Waals surface area contributed by atoms with Crippen LogP contribution in [0.2, 0.25) is 0 Å². The van der Waals surface area contributed by atoms with Gasteiger partial charge in [-0.3, -0.25) is 4.79 Å². The van der Waals surface area contributed by atoms with Gasteiger partial charge in [0.25, 0.3) is 0 Å². The normalized spacial score (nSPS) is 10.6. The van der Waals surface area contributed by atoms with Crippen LogP contribution in [0.15, 0.2) is 48.6 Å². The molecule has 2 aromatic carbocycles. The van der Waals surface area contributed by atoms with Crippen molar-refractivity contribution in [2.45, 2.75) is 53.4 Å². The molecule has 3 aromatic rings. The lowest BCUT2D eigenvalue weighted by molar-refractivity contribution is -0.143. The van der Waals surface area contributed by atoms with Gasteiger partial charge in [0, 0.05) is 12.8 Å². The third kappa shape index (κ3) is 6.17. The van der Waals surface area contributed by atoms with Gasteiger partial charge < -0.3 is 9.84 Å². The molecule has 1 aromatic heterocycles. The molecule has 3 rings (SSSR count). The Bertz CT molecular complexity index is 1020. The van der Waals surface area contributed by atoms with Gasteiger partial charge >= 0.3 is 5.97 Å². The zero-order valence-electron chi connectivity index (χ0n) is 18.5. The van der Waals surface area contributed by atoms with E-state index < -0.39 is 0 Å². The minimum absolute atomic E-state index is 0.138. The SMILES string of the molecule is C=C(C)CCOC(=O)CC.Cc1ccc2nn(-c3cccc(C(C)C)c3O)nc2c1. The molecule has 6 nitrogen and oxygen atoms in total. The third-order valence-electron chi connectivity index (χ3n) is 4.50. The van der Waals surface area contributed by atoms with Crippen molar-refractivity contribution in [3.05, 3.63) is 59.7 Å². The molecule has 0 unspecified atom stereocenters. The highest BCUT2D eigenvalue weighted by Crippen LogP contribution is 2.31. The minimum atomic E-state index is -0.138. The molecule has 0 radical (unpaired) electrons. The average molecular weight is 410 g/mol. The van der Waals surface area contributed by atoms with Crippen LogP contribution in [-0.2, 0) is 9.53 Å². The van der Waals surface area contributed by atoms with Crippen molar-refractivity contribution >= 4 is 17.0 Å². The molecular weight excluding hydrogens is 378 g/mol. The van der Waals surface area contributed by atoms with Crippen LogP contribution < -0.4 is 0 Å². The number of carbonyl (C=O) groups excluding carboxylic acids is 1. The van der Waals surface area contributed by atoms with Gasteiger partial charge in [0.1, 0.15) is 22.5 Å². The first-order valence-corrected chi connectivity index (χ1v) is 10.2. The molecule has 0 bridgehead atoms. The number of rotatable bonds is 6. The van der Waals surface area contributed by atoms with Crippen molar-refractivity contribution in [1.82, 2.24) is 15.0 Å². The summed E-state index contributed by atoms with van der Waals surface area (Å²) in [7, 11) is 0. The molecule has 30 heavy (non-hydrogen) atoms. The molecule has 0 spiro atoms. The quantitative estimate of drug-likeness (QED) is 0.432. The van der Waals surface area contributed by atoms with E-state index in [1.807, 2.05) is 50.2 Å². The molecule has 0 amide bonds. The van der Waals surface area contributed by atoms with Crippen LogP contribution in [-0.4, -0.2) is 32.7 Å². The average Bonchev–Trinajstić information content (AvgIpc) is 3.10. The summed E-state index contributed by atoms with van der Waals surface area (Å²) < 4.78 is 4.80. The predicted octanol–water partition coefficient (Wildman–Crippen LogP) is 5.46. The Balaban J connectivity index is 0.000000274. The Labute approximate surface area is 178 Å². The predicted molar refractivity (Wildman–Crippen MR) is 120 cm³/mol. The summed E-state index contributed by atoms with van der Waals surface area (Å²) in [5, 5.41) is 19.3. The Morgan fingerprint density at radius 2 is 1.90 bits per heavy atom. The van der Waals surface area contributed by atoms with Crippen LogP contribution in [0.5, 0.6) is 5.75 Å². The van der Waals surface area contributed by atoms with E-state index >= 15 is 0 Å². The van der Waals surface area contributed by atoms with Gasteiger partial charge in [-0.15, -0.1) is 21.6 Å². The highest BCUT2D eigenvalue weighted by molar-refractivity contribution is 5.74. The number of fused-ring (bicyclic) bond motifs is 1. The lowest BCUT2D eigenvalue weighted by Crippen LogP contribution is -2.03. The lowest BCUT2D eigenvalue weighted by Gasteiger charge is -2.11. The smallest absolute Gasteiger partial charge is 0.305 e. The number of phenolic OH excluding ortho intramolecular Hbond substituents is 1. The van der Waals surface area contributed by atoms with Crippen molar-refractivity contribution in [3.63, 3.8) is 0 Å². The maximum Gasteiger partial charge on any atom is 0.305 e. The monoisotopic (exact) mass is 409 g/mol. The second-order valence-corrected chi connectivity index (χ2v) is 7.63. The van der Waals surface area contributed by atoms with Gasteiger partial charge in [-0.05, 0) is 49.1 Å². The fourth-order valence-corrected chi connectivity index (χ4v) is 2.75. The number of carbonyl (C=O) groups is 1. The highest BCUT2D eigenvalue weighted by atomic mass is 16.5. The molecule has 1 heterocycles. The number of aromatic hydroxyl groups is 1. The standard InChI is InChI=1S/C16H17N3O.C8H14O2/c1-10(2)12-5-4-6-15(16(12)20)19-17-13-8-7-11(3)9-14(13)18-19;1-4-8(9)10-6-5-7(2)3/h4-10,20H,1-3H3;2,4-6H2,1,3H3. The van der Waals surface area contributed by atoms with E-state index in [0.717, 1.165) is 34.2 Å². The lowest BCUT2D eigenvalue weighted by atomic mass is 10.0. The third-order valence-corrected chi connectivity index (χ3v) is 4.50. The maximum atomic E-state index is 10.5. The maximum absolute atomic E-state index is 10.5. The highest BCUT2D eigenvalue weighted by Gasteiger charge is 2.13. The number of hydrogen-bond acceptors (Lipinski definition) is 5. The van der Waals surface area contributed by atoms with E-state index in [4.69, 9.17) is 4.74 Å². The number of aryl methyl sites for hydroxylation is 1. The summed E-state index contributed by atoms with van der Waals surface area (Å²) in [6.45, 7) is 14.0. The second-order valence-electron chi connectivity index (χ2n) is 7.63. The number of aromatic nitrogens is 3. The van der Waals surface area contributed by atoms with E-state index in [2.05, 4.69) is 30.6 Å². The van der Waals surface area contributed by atoms with Gasteiger partial charge in [0.05, 0.1) is 6.61 Å². The minimum Gasteiger partial charge on any atom is -0.505 e. The second kappa shape index (κ2) is 10.6. The Morgan fingerprint density at radius 1 is 1.20 bits per heavy atom. The van der Waals surface area contributed by atoms with Gasteiger partial charge in [0.15, 0.2) is 0 Å². The molecule has 0 aliphatic rings. The first-order valence-electron chi connectivity index (χ1n) is 10.2. The summed E-state index contributed by atoms with van der Waals surface area (Å²) >= 11 is 0. The molecule has 0 fully saturated rings. The van der Waals surface area contributed by atoms with E-state index in [9.17, 15) is 9.90 Å². The number of hydrogen-bond donors (Lipinski definition) is 1. The zero-order chi connectivity index (χ0) is 22.3. The number of ether oxygens (including phenoxy) is 1. The molecule has 1 N–H and O–H groups in total. The summed E-state index contributed by atoms with van der Waals surface area (Å²) in [4.78, 5) is 12.0. The molecular formula is C24H31N3O3. The number of phenols is 1. The summed E-state index contributed by atoms with van der Waals surface area (Å²) in [6, 6.07) is 11.6.